The van der Waals surface area contributed by atoms with Gasteiger partial charge in [-0.05, 0) is 74.1 Å². The van der Waals surface area contributed by atoms with Crippen molar-refractivity contribution in [2.75, 3.05) is 19.4 Å². The van der Waals surface area contributed by atoms with Crippen LogP contribution in [0.1, 0.15) is 27.9 Å². The zero-order valence-electron chi connectivity index (χ0n) is 21.8. The highest BCUT2D eigenvalue weighted by Crippen LogP contribution is 2.21. The van der Waals surface area contributed by atoms with Gasteiger partial charge in [0.15, 0.2) is 0 Å². The number of hydrogen-bond acceptors (Lipinski definition) is 6. The summed E-state index contributed by atoms with van der Waals surface area (Å²) in [7, 11) is 4.07. The number of benzene rings is 2. The lowest BCUT2D eigenvalue weighted by atomic mass is 10.1. The van der Waals surface area contributed by atoms with Crippen LogP contribution >= 0.6 is 0 Å². The molecule has 0 spiro atoms. The first-order valence-electron chi connectivity index (χ1n) is 12.2. The van der Waals surface area contributed by atoms with Crippen LogP contribution in [0.15, 0.2) is 115 Å². The van der Waals surface area contributed by atoms with Gasteiger partial charge in [-0.2, -0.15) is 5.10 Å². The second kappa shape index (κ2) is 11.5. The molecule has 0 fully saturated rings. The molecule has 1 aliphatic heterocycles. The molecule has 0 bridgehead atoms. The maximum atomic E-state index is 4.85. The first-order chi connectivity index (χ1) is 17.8. The van der Waals surface area contributed by atoms with Gasteiger partial charge in [0.2, 0.25) is 0 Å². The van der Waals surface area contributed by atoms with Crippen LogP contribution in [0, 0.1) is 6.92 Å². The number of pyridine rings is 1. The lowest BCUT2D eigenvalue weighted by Crippen LogP contribution is -2.21. The molecular weight excluding hydrogens is 456 g/mol. The molecule has 0 aliphatic carbocycles. The molecule has 0 saturated heterocycles. The number of hydrazone groups is 1. The van der Waals surface area contributed by atoms with Crippen molar-refractivity contribution in [2.24, 2.45) is 5.10 Å². The number of allylic oxidation sites excluding steroid dienone is 2. The second-order valence-corrected chi connectivity index (χ2v) is 9.37. The fourth-order valence-electron chi connectivity index (χ4n) is 3.96. The van der Waals surface area contributed by atoms with Crippen molar-refractivity contribution in [3.8, 4) is 0 Å². The molecule has 2 aromatic carbocycles. The summed E-state index contributed by atoms with van der Waals surface area (Å²) >= 11 is 0. The topological polar surface area (TPSA) is 55.8 Å². The Balaban J connectivity index is 1.43. The molecule has 188 valence electrons. The molecule has 0 amide bonds. The van der Waals surface area contributed by atoms with Gasteiger partial charge in [0.25, 0.3) is 0 Å². The van der Waals surface area contributed by atoms with Crippen LogP contribution in [0.2, 0.25) is 0 Å². The number of rotatable bonds is 10. The van der Waals surface area contributed by atoms with Gasteiger partial charge in [0, 0.05) is 29.7 Å². The van der Waals surface area contributed by atoms with Crippen LogP contribution < -0.4 is 10.6 Å². The van der Waals surface area contributed by atoms with Crippen LogP contribution in [0.3, 0.4) is 0 Å². The molecule has 4 rings (SSSR count). The molecule has 37 heavy (non-hydrogen) atoms. The van der Waals surface area contributed by atoms with Crippen molar-refractivity contribution in [3.05, 3.63) is 138 Å². The number of hydrogen-bond donors (Lipinski definition) is 2. The van der Waals surface area contributed by atoms with Gasteiger partial charge in [-0.15, -0.1) is 0 Å². The molecule has 1 aliphatic rings. The smallest absolute Gasteiger partial charge is 0.100 e. The molecular formula is C31H34N6. The van der Waals surface area contributed by atoms with Crippen molar-refractivity contribution in [3.63, 3.8) is 0 Å². The fraction of sp³-hybridized carbons (Fsp3) is 0.161. The molecule has 0 radical (unpaired) electrons. The highest BCUT2D eigenvalue weighted by atomic mass is 15.5. The first kappa shape index (κ1) is 25.7. The van der Waals surface area contributed by atoms with E-state index in [1.165, 1.54) is 0 Å². The molecule has 2 heterocycles. The molecule has 2 N–H and O–H groups in total. The van der Waals surface area contributed by atoms with Gasteiger partial charge in [-0.3, -0.25) is 9.99 Å². The Morgan fingerprint density at radius 2 is 1.81 bits per heavy atom. The van der Waals surface area contributed by atoms with E-state index in [0.29, 0.717) is 12.4 Å². The average Bonchev–Trinajstić information content (AvgIpc) is 2.87. The minimum atomic E-state index is 0.586. The van der Waals surface area contributed by atoms with Gasteiger partial charge in [-0.1, -0.05) is 56.1 Å². The molecule has 0 saturated carbocycles. The van der Waals surface area contributed by atoms with Gasteiger partial charge in [-0.25, -0.2) is 0 Å². The fourth-order valence-corrected chi connectivity index (χ4v) is 3.96. The van der Waals surface area contributed by atoms with Crippen LogP contribution in [0.25, 0.3) is 5.70 Å². The van der Waals surface area contributed by atoms with E-state index in [2.05, 4.69) is 71.4 Å². The maximum Gasteiger partial charge on any atom is 0.100 e. The van der Waals surface area contributed by atoms with E-state index in [9.17, 15) is 0 Å². The highest BCUT2D eigenvalue weighted by molar-refractivity contribution is 6.09. The predicted molar refractivity (Wildman–Crippen MR) is 155 cm³/mol. The summed E-state index contributed by atoms with van der Waals surface area (Å²) in [6.07, 6.45) is 5.85. The maximum absolute atomic E-state index is 4.85. The highest BCUT2D eigenvalue weighted by Gasteiger charge is 2.14. The quantitative estimate of drug-likeness (QED) is 0.371. The zero-order valence-corrected chi connectivity index (χ0v) is 21.8. The monoisotopic (exact) mass is 490 g/mol. The summed E-state index contributed by atoms with van der Waals surface area (Å²) in [5.74, 6) is 0.665. The van der Waals surface area contributed by atoms with E-state index in [1.807, 2.05) is 73.9 Å². The van der Waals surface area contributed by atoms with E-state index in [0.717, 1.165) is 57.3 Å². The Morgan fingerprint density at radius 3 is 2.54 bits per heavy atom. The third kappa shape index (κ3) is 6.84. The first-order valence-corrected chi connectivity index (χ1v) is 12.2. The van der Waals surface area contributed by atoms with E-state index in [4.69, 9.17) is 5.10 Å². The van der Waals surface area contributed by atoms with Gasteiger partial charge >= 0.3 is 0 Å². The summed E-state index contributed by atoms with van der Waals surface area (Å²) in [6, 6.07) is 20.4. The third-order valence-electron chi connectivity index (χ3n) is 5.93. The normalized spacial score (nSPS) is 12.9. The molecule has 0 atom stereocenters. The Hall–Kier alpha value is -4.42. The van der Waals surface area contributed by atoms with Crippen molar-refractivity contribution in [2.45, 2.75) is 20.0 Å². The number of nitrogens with one attached hydrogen (secondary N) is 2. The molecule has 1 aromatic heterocycles. The van der Waals surface area contributed by atoms with E-state index >= 15 is 0 Å². The van der Waals surface area contributed by atoms with Crippen LogP contribution in [-0.4, -0.2) is 34.7 Å². The number of aromatic nitrogens is 1. The average molecular weight is 491 g/mol. The van der Waals surface area contributed by atoms with Gasteiger partial charge in [0.1, 0.15) is 5.82 Å². The number of nitrogens with zero attached hydrogens (tertiary/aromatic N) is 4. The van der Waals surface area contributed by atoms with Crippen LogP contribution in [-0.2, 0) is 13.1 Å². The molecule has 6 nitrogen and oxygen atoms in total. The Labute approximate surface area is 220 Å². The number of anilines is 1. The van der Waals surface area contributed by atoms with E-state index in [-0.39, 0.29) is 0 Å². The lowest BCUT2D eigenvalue weighted by molar-refractivity contribution is 0.367. The van der Waals surface area contributed by atoms with Gasteiger partial charge in [0.05, 0.1) is 23.6 Å². The third-order valence-corrected chi connectivity index (χ3v) is 5.93. The van der Waals surface area contributed by atoms with Crippen molar-refractivity contribution in [1.29, 1.82) is 0 Å². The summed E-state index contributed by atoms with van der Waals surface area (Å²) in [6.45, 7) is 15.9. The molecule has 0 unspecified atom stereocenters. The zero-order chi connectivity index (χ0) is 26.4. The largest absolute Gasteiger partial charge is 0.342 e. The number of aryl methyl sites for hydroxylation is 1. The SMILES string of the molecule is C=C(NC(=C)c1cccc(CN2N=C(c3ccc(CN(C)C)nc3)C=CC2=C)c1)Nc1ccccc1C. The van der Waals surface area contributed by atoms with E-state index < -0.39 is 0 Å². The second-order valence-electron chi connectivity index (χ2n) is 9.37. The summed E-state index contributed by atoms with van der Waals surface area (Å²) in [5.41, 5.74) is 8.68. The van der Waals surface area contributed by atoms with E-state index in [1.54, 1.807) is 0 Å². The summed E-state index contributed by atoms with van der Waals surface area (Å²) < 4.78 is 0. The van der Waals surface area contributed by atoms with Crippen LogP contribution in [0.4, 0.5) is 5.69 Å². The lowest BCUT2D eigenvalue weighted by Gasteiger charge is -2.24. The standard InChI is InChI=1S/C31H34N6/c1-22-10-7-8-13-30(22)34-25(4)33-24(3)27-12-9-11-26(18-27)20-37-23(2)14-17-31(35-37)28-15-16-29(32-19-28)21-36(5)6/h7-19,33-34H,2-4,20-21H2,1,5-6H3. The molecule has 6 heteroatoms. The Kier molecular flexibility index (Phi) is 8.01. The minimum absolute atomic E-state index is 0.586. The van der Waals surface area contributed by atoms with Crippen molar-refractivity contribution < 1.29 is 0 Å². The van der Waals surface area contributed by atoms with Crippen molar-refractivity contribution in [1.82, 2.24) is 20.2 Å². The van der Waals surface area contributed by atoms with Crippen LogP contribution in [0.5, 0.6) is 0 Å². The summed E-state index contributed by atoms with van der Waals surface area (Å²) in [5, 5.41) is 13.3. The Morgan fingerprint density at radius 1 is 1.00 bits per heavy atom. The minimum Gasteiger partial charge on any atom is -0.342 e. The molecule has 3 aromatic rings. The predicted octanol–water partition coefficient (Wildman–Crippen LogP) is 5.89. The van der Waals surface area contributed by atoms with Gasteiger partial charge < -0.3 is 15.5 Å². The Bertz CT molecular complexity index is 1360. The van der Waals surface area contributed by atoms with Crippen molar-refractivity contribution >= 4 is 17.1 Å². The summed E-state index contributed by atoms with van der Waals surface area (Å²) in [4.78, 5) is 6.68. The number of para-hydroxylation sites is 1.